The summed E-state index contributed by atoms with van der Waals surface area (Å²) in [6.45, 7) is 8.06. The van der Waals surface area contributed by atoms with E-state index < -0.39 is 0 Å². The highest BCUT2D eigenvalue weighted by atomic mass is 16.2. The lowest BCUT2D eigenvalue weighted by molar-refractivity contribution is -0.133. The molecule has 0 spiro atoms. The van der Waals surface area contributed by atoms with E-state index in [0.717, 1.165) is 37.8 Å². The zero-order chi connectivity index (χ0) is 10.7. The third-order valence-electron chi connectivity index (χ3n) is 3.18. The van der Waals surface area contributed by atoms with Gasteiger partial charge >= 0.3 is 0 Å². The smallest absolute Gasteiger partial charge is 0.239 e. The molecule has 3 heteroatoms. The maximum atomic E-state index is 11.6. The number of carbonyl (C=O) groups is 1. The normalized spacial score (nSPS) is 21.4. The van der Waals surface area contributed by atoms with Crippen LogP contribution in [-0.4, -0.2) is 29.9 Å². The van der Waals surface area contributed by atoms with Gasteiger partial charge in [-0.3, -0.25) is 4.79 Å². The third-order valence-corrected chi connectivity index (χ3v) is 3.18. The van der Waals surface area contributed by atoms with E-state index in [-0.39, 0.29) is 11.9 Å². The van der Waals surface area contributed by atoms with Gasteiger partial charge in [0.2, 0.25) is 5.91 Å². The Kier molecular flexibility index (Phi) is 3.93. The molecule has 0 unspecified atom stereocenters. The minimum absolute atomic E-state index is 0.104. The number of hydrogen-bond donors (Lipinski definition) is 1. The first kappa shape index (κ1) is 11.5. The van der Waals surface area contributed by atoms with Crippen LogP contribution in [0.1, 0.15) is 33.6 Å². The van der Waals surface area contributed by atoms with Crippen LogP contribution in [0.3, 0.4) is 0 Å². The van der Waals surface area contributed by atoms with Gasteiger partial charge in [-0.05, 0) is 31.6 Å². The number of amides is 1. The largest absolute Gasteiger partial charge is 0.341 e. The summed E-state index contributed by atoms with van der Waals surface area (Å²) >= 11 is 0. The fraction of sp³-hybridized carbons (Fsp3) is 0.909. The Morgan fingerprint density at radius 1 is 1.29 bits per heavy atom. The average molecular weight is 198 g/mol. The standard InChI is InChI=1S/C11H22N2O/c1-8(2)10-4-6-13(7-5-10)11(14)9(3)12/h8-10H,4-7,12H2,1-3H3/t9-/m0/s1. The van der Waals surface area contributed by atoms with E-state index in [9.17, 15) is 4.79 Å². The van der Waals surface area contributed by atoms with Gasteiger partial charge in [0, 0.05) is 13.1 Å². The highest BCUT2D eigenvalue weighted by Crippen LogP contribution is 2.24. The SMILES string of the molecule is CC(C)C1CCN(C(=O)[C@H](C)N)CC1. The van der Waals surface area contributed by atoms with Gasteiger partial charge in [0.05, 0.1) is 6.04 Å². The van der Waals surface area contributed by atoms with Gasteiger partial charge in [0.1, 0.15) is 0 Å². The molecule has 1 saturated heterocycles. The molecule has 1 aliphatic rings. The summed E-state index contributed by atoms with van der Waals surface area (Å²) in [5.41, 5.74) is 5.57. The molecule has 14 heavy (non-hydrogen) atoms. The second-order valence-corrected chi connectivity index (χ2v) is 4.70. The van der Waals surface area contributed by atoms with Crippen LogP contribution in [0.2, 0.25) is 0 Å². The van der Waals surface area contributed by atoms with Crippen molar-refractivity contribution in [3.05, 3.63) is 0 Å². The van der Waals surface area contributed by atoms with Crippen molar-refractivity contribution < 1.29 is 4.79 Å². The van der Waals surface area contributed by atoms with Crippen molar-refractivity contribution in [1.29, 1.82) is 0 Å². The van der Waals surface area contributed by atoms with E-state index in [1.54, 1.807) is 6.92 Å². The first-order valence-electron chi connectivity index (χ1n) is 5.56. The summed E-state index contributed by atoms with van der Waals surface area (Å²) < 4.78 is 0. The Morgan fingerprint density at radius 3 is 2.14 bits per heavy atom. The Labute approximate surface area is 86.6 Å². The van der Waals surface area contributed by atoms with E-state index in [1.165, 1.54) is 0 Å². The van der Waals surface area contributed by atoms with Crippen LogP contribution in [-0.2, 0) is 4.79 Å². The van der Waals surface area contributed by atoms with Crippen molar-refractivity contribution in [3.63, 3.8) is 0 Å². The fourth-order valence-corrected chi connectivity index (χ4v) is 2.07. The number of nitrogens with zero attached hydrogens (tertiary/aromatic N) is 1. The zero-order valence-corrected chi connectivity index (χ0v) is 9.49. The van der Waals surface area contributed by atoms with Gasteiger partial charge in [-0.2, -0.15) is 0 Å². The molecule has 2 N–H and O–H groups in total. The Hall–Kier alpha value is -0.570. The van der Waals surface area contributed by atoms with Crippen LogP contribution in [0.25, 0.3) is 0 Å². The molecule has 1 rings (SSSR count). The van der Waals surface area contributed by atoms with Gasteiger partial charge in [-0.1, -0.05) is 13.8 Å². The predicted molar refractivity (Wildman–Crippen MR) is 57.8 cm³/mol. The molecular weight excluding hydrogens is 176 g/mol. The monoisotopic (exact) mass is 198 g/mol. The second-order valence-electron chi connectivity index (χ2n) is 4.70. The van der Waals surface area contributed by atoms with Crippen LogP contribution in [0.4, 0.5) is 0 Å². The van der Waals surface area contributed by atoms with Crippen LogP contribution in [0.5, 0.6) is 0 Å². The molecule has 0 aromatic carbocycles. The van der Waals surface area contributed by atoms with E-state index >= 15 is 0 Å². The number of rotatable bonds is 2. The molecule has 82 valence electrons. The summed E-state index contributed by atoms with van der Waals surface area (Å²) in [5.74, 6) is 1.63. The van der Waals surface area contributed by atoms with Crippen molar-refractivity contribution in [3.8, 4) is 0 Å². The molecule has 1 amide bonds. The van der Waals surface area contributed by atoms with E-state index in [2.05, 4.69) is 13.8 Å². The lowest BCUT2D eigenvalue weighted by Gasteiger charge is -2.34. The first-order valence-corrected chi connectivity index (χ1v) is 5.56. The van der Waals surface area contributed by atoms with E-state index in [1.807, 2.05) is 4.90 Å². The Balaban J connectivity index is 2.39. The number of piperidine rings is 1. The van der Waals surface area contributed by atoms with Gasteiger partial charge in [0.25, 0.3) is 0 Å². The molecule has 0 bridgehead atoms. The fourth-order valence-electron chi connectivity index (χ4n) is 2.07. The van der Waals surface area contributed by atoms with Gasteiger partial charge < -0.3 is 10.6 Å². The summed E-state index contributed by atoms with van der Waals surface area (Å²) in [4.78, 5) is 13.5. The molecule has 1 fully saturated rings. The highest BCUT2D eigenvalue weighted by molar-refractivity contribution is 5.81. The van der Waals surface area contributed by atoms with Crippen LogP contribution in [0, 0.1) is 11.8 Å². The molecule has 0 radical (unpaired) electrons. The van der Waals surface area contributed by atoms with Crippen molar-refractivity contribution in [2.24, 2.45) is 17.6 Å². The zero-order valence-electron chi connectivity index (χ0n) is 9.49. The van der Waals surface area contributed by atoms with Crippen LogP contribution >= 0.6 is 0 Å². The van der Waals surface area contributed by atoms with E-state index in [0.29, 0.717) is 0 Å². The lowest BCUT2D eigenvalue weighted by atomic mass is 9.86. The van der Waals surface area contributed by atoms with Crippen molar-refractivity contribution >= 4 is 5.91 Å². The summed E-state index contributed by atoms with van der Waals surface area (Å²) in [6, 6.07) is -0.342. The van der Waals surface area contributed by atoms with Crippen molar-refractivity contribution in [1.82, 2.24) is 4.90 Å². The van der Waals surface area contributed by atoms with Crippen LogP contribution in [0.15, 0.2) is 0 Å². The second kappa shape index (κ2) is 4.78. The Morgan fingerprint density at radius 2 is 1.79 bits per heavy atom. The molecule has 0 aliphatic carbocycles. The lowest BCUT2D eigenvalue weighted by Crippen LogP contribution is -2.46. The van der Waals surface area contributed by atoms with Gasteiger partial charge in [0.15, 0.2) is 0 Å². The number of hydrogen-bond acceptors (Lipinski definition) is 2. The Bertz CT molecular complexity index is 193. The summed E-state index contributed by atoms with van der Waals surface area (Å²) in [5, 5.41) is 0. The molecule has 3 nitrogen and oxygen atoms in total. The van der Waals surface area contributed by atoms with Crippen molar-refractivity contribution in [2.75, 3.05) is 13.1 Å². The van der Waals surface area contributed by atoms with Crippen LogP contribution < -0.4 is 5.73 Å². The van der Waals surface area contributed by atoms with Gasteiger partial charge in [-0.15, -0.1) is 0 Å². The quantitative estimate of drug-likeness (QED) is 0.725. The number of carbonyl (C=O) groups excluding carboxylic acids is 1. The number of nitrogens with two attached hydrogens (primary N) is 1. The minimum Gasteiger partial charge on any atom is -0.341 e. The molecule has 1 aliphatic heterocycles. The maximum Gasteiger partial charge on any atom is 0.239 e. The molecular formula is C11H22N2O. The van der Waals surface area contributed by atoms with Crippen molar-refractivity contribution in [2.45, 2.75) is 39.7 Å². The first-order chi connectivity index (χ1) is 6.52. The number of likely N-dealkylation sites (tertiary alicyclic amines) is 1. The van der Waals surface area contributed by atoms with E-state index in [4.69, 9.17) is 5.73 Å². The molecule has 0 aromatic rings. The predicted octanol–water partition coefficient (Wildman–Crippen LogP) is 1.23. The molecule has 0 saturated carbocycles. The molecule has 1 atom stereocenters. The summed E-state index contributed by atoms with van der Waals surface area (Å²) in [6.07, 6.45) is 2.27. The molecule has 1 heterocycles. The third kappa shape index (κ3) is 2.71. The molecule has 0 aromatic heterocycles. The van der Waals surface area contributed by atoms with Gasteiger partial charge in [-0.25, -0.2) is 0 Å². The average Bonchev–Trinajstić information content (AvgIpc) is 2.16. The summed E-state index contributed by atoms with van der Waals surface area (Å²) in [7, 11) is 0. The maximum absolute atomic E-state index is 11.6. The topological polar surface area (TPSA) is 46.3 Å². The highest BCUT2D eigenvalue weighted by Gasteiger charge is 2.25. The minimum atomic E-state index is -0.342.